The van der Waals surface area contributed by atoms with Gasteiger partial charge in [-0.25, -0.2) is 4.39 Å². The van der Waals surface area contributed by atoms with E-state index in [2.05, 4.69) is 42.2 Å². The molecule has 114 valence electrons. The van der Waals surface area contributed by atoms with Crippen molar-refractivity contribution in [3.63, 3.8) is 0 Å². The average molecular weight is 290 g/mol. The minimum Gasteiger partial charge on any atom is -0.309 e. The molecule has 0 radical (unpaired) electrons. The second-order valence-electron chi connectivity index (χ2n) is 5.01. The van der Waals surface area contributed by atoms with Gasteiger partial charge in [-0.05, 0) is 38.1 Å². The van der Waals surface area contributed by atoms with Gasteiger partial charge in [-0.15, -0.1) is 0 Å². The summed E-state index contributed by atoms with van der Waals surface area (Å²) in [6, 6.07) is 5.43. The largest absolute Gasteiger partial charge is 0.309 e. The first-order chi connectivity index (χ1) is 10.2. The van der Waals surface area contributed by atoms with Gasteiger partial charge in [0.05, 0.1) is 23.6 Å². The van der Waals surface area contributed by atoms with Crippen molar-refractivity contribution in [2.45, 2.75) is 46.2 Å². The van der Waals surface area contributed by atoms with E-state index in [1.54, 1.807) is 6.07 Å². The van der Waals surface area contributed by atoms with Crippen LogP contribution in [0, 0.1) is 5.82 Å². The van der Waals surface area contributed by atoms with Crippen LogP contribution in [0.25, 0.3) is 0 Å². The van der Waals surface area contributed by atoms with Crippen LogP contribution in [0.5, 0.6) is 0 Å². The Morgan fingerprint density at radius 1 is 1.29 bits per heavy atom. The standard InChI is InChI=1S/C16H23FN4/c1-4-13-9-14(21(6-3)20-13)10-16(18-5-2)15-8-7-12(17)11-19-15/h7-9,11,16,18H,4-6,10H2,1-3H3. The first-order valence-electron chi connectivity index (χ1n) is 7.58. The van der Waals surface area contributed by atoms with Crippen molar-refractivity contribution >= 4 is 0 Å². The molecule has 2 aromatic heterocycles. The minimum atomic E-state index is -0.305. The zero-order chi connectivity index (χ0) is 15.2. The van der Waals surface area contributed by atoms with E-state index < -0.39 is 0 Å². The van der Waals surface area contributed by atoms with Crippen molar-refractivity contribution in [3.05, 3.63) is 47.3 Å². The first-order valence-corrected chi connectivity index (χ1v) is 7.58. The number of nitrogens with zero attached hydrogens (tertiary/aromatic N) is 3. The molecule has 0 aliphatic rings. The number of aryl methyl sites for hydroxylation is 2. The Morgan fingerprint density at radius 2 is 2.10 bits per heavy atom. The van der Waals surface area contributed by atoms with E-state index in [4.69, 9.17) is 0 Å². The molecule has 2 aromatic rings. The third kappa shape index (κ3) is 3.88. The van der Waals surface area contributed by atoms with E-state index in [0.717, 1.165) is 37.3 Å². The Labute approximate surface area is 125 Å². The van der Waals surface area contributed by atoms with E-state index in [9.17, 15) is 4.39 Å². The Hall–Kier alpha value is -1.75. The highest BCUT2D eigenvalue weighted by molar-refractivity contribution is 5.17. The van der Waals surface area contributed by atoms with Gasteiger partial charge in [0.2, 0.25) is 0 Å². The first kappa shape index (κ1) is 15.6. The van der Waals surface area contributed by atoms with Gasteiger partial charge in [-0.3, -0.25) is 9.67 Å². The van der Waals surface area contributed by atoms with Crippen LogP contribution in [0.3, 0.4) is 0 Å². The third-order valence-electron chi connectivity index (χ3n) is 3.55. The van der Waals surface area contributed by atoms with Gasteiger partial charge in [-0.1, -0.05) is 13.8 Å². The normalized spacial score (nSPS) is 12.6. The summed E-state index contributed by atoms with van der Waals surface area (Å²) in [5.74, 6) is -0.305. The molecule has 0 saturated heterocycles. The van der Waals surface area contributed by atoms with Crippen LogP contribution in [0.15, 0.2) is 24.4 Å². The number of hydrogen-bond donors (Lipinski definition) is 1. The number of rotatable bonds is 7. The Balaban J connectivity index is 2.23. The summed E-state index contributed by atoms with van der Waals surface area (Å²) in [6.07, 6.45) is 3.00. The summed E-state index contributed by atoms with van der Waals surface area (Å²) < 4.78 is 15.1. The van der Waals surface area contributed by atoms with Crippen LogP contribution in [-0.4, -0.2) is 21.3 Å². The topological polar surface area (TPSA) is 42.7 Å². The molecule has 0 aliphatic carbocycles. The lowest BCUT2D eigenvalue weighted by molar-refractivity contribution is 0.503. The van der Waals surface area contributed by atoms with Gasteiger partial charge in [0.15, 0.2) is 0 Å². The lowest BCUT2D eigenvalue weighted by Gasteiger charge is -2.17. The monoisotopic (exact) mass is 290 g/mol. The maximum atomic E-state index is 13.0. The van der Waals surface area contributed by atoms with Gasteiger partial charge in [0.25, 0.3) is 0 Å². The van der Waals surface area contributed by atoms with Gasteiger partial charge < -0.3 is 5.32 Å². The molecule has 0 saturated carbocycles. The SMILES string of the molecule is CCNC(Cc1cc(CC)nn1CC)c1ccc(F)cn1. The number of aromatic nitrogens is 3. The molecule has 0 aliphatic heterocycles. The number of pyridine rings is 1. The lowest BCUT2D eigenvalue weighted by atomic mass is 10.1. The smallest absolute Gasteiger partial charge is 0.141 e. The molecular weight excluding hydrogens is 267 g/mol. The molecule has 0 spiro atoms. The summed E-state index contributed by atoms with van der Waals surface area (Å²) in [7, 11) is 0. The molecule has 1 unspecified atom stereocenters. The molecule has 0 bridgehead atoms. The molecule has 2 heterocycles. The van der Waals surface area contributed by atoms with Crippen molar-refractivity contribution in [1.29, 1.82) is 0 Å². The van der Waals surface area contributed by atoms with Gasteiger partial charge in [-0.2, -0.15) is 5.10 Å². The predicted octanol–water partition coefficient (Wildman–Crippen LogP) is 2.89. The fraction of sp³-hybridized carbons (Fsp3) is 0.500. The molecule has 1 atom stereocenters. The number of hydrogen-bond acceptors (Lipinski definition) is 3. The molecule has 0 fully saturated rings. The van der Waals surface area contributed by atoms with Crippen molar-refractivity contribution in [1.82, 2.24) is 20.1 Å². The summed E-state index contributed by atoms with van der Waals surface area (Å²) in [5, 5.41) is 8.00. The summed E-state index contributed by atoms with van der Waals surface area (Å²) in [6.45, 7) is 7.95. The third-order valence-corrected chi connectivity index (χ3v) is 3.55. The molecule has 21 heavy (non-hydrogen) atoms. The van der Waals surface area contributed by atoms with Gasteiger partial charge >= 0.3 is 0 Å². The van der Waals surface area contributed by atoms with Crippen LogP contribution in [-0.2, 0) is 19.4 Å². The van der Waals surface area contributed by atoms with E-state index in [0.29, 0.717) is 0 Å². The zero-order valence-electron chi connectivity index (χ0n) is 12.9. The highest BCUT2D eigenvalue weighted by Gasteiger charge is 2.16. The second-order valence-corrected chi connectivity index (χ2v) is 5.01. The van der Waals surface area contributed by atoms with Crippen LogP contribution >= 0.6 is 0 Å². The Morgan fingerprint density at radius 3 is 2.67 bits per heavy atom. The number of halogens is 1. The van der Waals surface area contributed by atoms with Crippen LogP contribution in [0.1, 0.15) is 43.9 Å². The van der Waals surface area contributed by atoms with E-state index in [1.807, 2.05) is 4.68 Å². The van der Waals surface area contributed by atoms with Crippen molar-refractivity contribution < 1.29 is 4.39 Å². The predicted molar refractivity (Wildman–Crippen MR) is 81.6 cm³/mol. The van der Waals surface area contributed by atoms with Crippen LogP contribution in [0.2, 0.25) is 0 Å². The Bertz CT molecular complexity index is 562. The molecule has 0 amide bonds. The minimum absolute atomic E-state index is 0.0716. The van der Waals surface area contributed by atoms with Crippen molar-refractivity contribution in [2.24, 2.45) is 0 Å². The lowest BCUT2D eigenvalue weighted by Crippen LogP contribution is -2.25. The quantitative estimate of drug-likeness (QED) is 0.852. The second kappa shape index (κ2) is 7.31. The van der Waals surface area contributed by atoms with Crippen LogP contribution < -0.4 is 5.32 Å². The molecule has 1 N–H and O–H groups in total. The van der Waals surface area contributed by atoms with Gasteiger partial charge in [0, 0.05) is 18.7 Å². The van der Waals surface area contributed by atoms with Gasteiger partial charge in [0.1, 0.15) is 5.82 Å². The summed E-state index contributed by atoms with van der Waals surface area (Å²) >= 11 is 0. The highest BCUT2D eigenvalue weighted by atomic mass is 19.1. The van der Waals surface area contributed by atoms with E-state index >= 15 is 0 Å². The maximum absolute atomic E-state index is 13.0. The molecule has 0 aromatic carbocycles. The fourth-order valence-electron chi connectivity index (χ4n) is 2.46. The average Bonchev–Trinajstić information content (AvgIpc) is 2.90. The Kier molecular flexibility index (Phi) is 5.44. The molecular formula is C16H23FN4. The van der Waals surface area contributed by atoms with Crippen molar-refractivity contribution in [2.75, 3.05) is 6.54 Å². The summed E-state index contributed by atoms with van der Waals surface area (Å²) in [4.78, 5) is 4.21. The van der Waals surface area contributed by atoms with E-state index in [-0.39, 0.29) is 11.9 Å². The highest BCUT2D eigenvalue weighted by Crippen LogP contribution is 2.18. The van der Waals surface area contributed by atoms with Crippen molar-refractivity contribution in [3.8, 4) is 0 Å². The maximum Gasteiger partial charge on any atom is 0.141 e. The number of nitrogens with one attached hydrogen (secondary N) is 1. The van der Waals surface area contributed by atoms with E-state index in [1.165, 1.54) is 18.0 Å². The molecule has 4 nitrogen and oxygen atoms in total. The fourth-order valence-corrected chi connectivity index (χ4v) is 2.46. The molecule has 2 rings (SSSR count). The molecule has 5 heteroatoms. The van der Waals surface area contributed by atoms with Crippen LogP contribution in [0.4, 0.5) is 4.39 Å². The summed E-state index contributed by atoms with van der Waals surface area (Å²) in [5.41, 5.74) is 3.15. The number of likely N-dealkylation sites (N-methyl/N-ethyl adjacent to an activating group) is 1. The zero-order valence-corrected chi connectivity index (χ0v) is 12.9.